The van der Waals surface area contributed by atoms with Gasteiger partial charge in [0.25, 0.3) is 5.69 Å². The minimum atomic E-state index is -0.501. The number of non-ortho nitro benzene ring substituents is 1. The zero-order valence-electron chi connectivity index (χ0n) is 15.0. The van der Waals surface area contributed by atoms with Crippen molar-refractivity contribution in [3.63, 3.8) is 0 Å². The summed E-state index contributed by atoms with van der Waals surface area (Å²) in [6, 6.07) is 9.47. The number of nitro benzene ring substituents is 1. The first-order valence-electron chi connectivity index (χ1n) is 7.85. The molecular formula is C18H21N3O4S. The van der Waals surface area contributed by atoms with Gasteiger partial charge in [-0.1, -0.05) is 26.8 Å². The Hall–Kier alpha value is -2.87. The number of nitro groups is 1. The molecule has 0 amide bonds. The van der Waals surface area contributed by atoms with Crippen molar-refractivity contribution in [2.45, 2.75) is 26.2 Å². The molecule has 138 valence electrons. The number of phenolic OH excluding ortho intramolecular Hbond substituents is 1. The predicted molar refractivity (Wildman–Crippen MR) is 106 cm³/mol. The Morgan fingerprint density at radius 3 is 2.38 bits per heavy atom. The lowest BCUT2D eigenvalue weighted by molar-refractivity contribution is -0.384. The minimum absolute atomic E-state index is 0.0674. The number of hydrogen-bond acceptors (Lipinski definition) is 5. The first kappa shape index (κ1) is 19.5. The standard InChI is InChI=1S/C18H21N3O4S/c1-18(2,3)11-5-8-15(22)14(9-11)20-17(26)19-13-7-6-12(21(23)24)10-16(13)25-4/h5-10,22H,1-4H3,(H2,19,20,26). The normalized spacial score (nSPS) is 10.9. The van der Waals surface area contributed by atoms with E-state index in [0.717, 1.165) is 5.56 Å². The Bertz CT molecular complexity index is 847. The molecule has 0 fully saturated rings. The Morgan fingerprint density at radius 1 is 1.15 bits per heavy atom. The molecule has 26 heavy (non-hydrogen) atoms. The minimum Gasteiger partial charge on any atom is -0.506 e. The third-order valence-electron chi connectivity index (χ3n) is 3.75. The highest BCUT2D eigenvalue weighted by atomic mass is 32.1. The number of rotatable bonds is 4. The highest BCUT2D eigenvalue weighted by molar-refractivity contribution is 7.80. The van der Waals surface area contributed by atoms with Crippen LogP contribution in [0.15, 0.2) is 36.4 Å². The van der Waals surface area contributed by atoms with Gasteiger partial charge in [-0.15, -0.1) is 0 Å². The second-order valence-electron chi connectivity index (χ2n) is 6.70. The number of nitrogens with one attached hydrogen (secondary N) is 2. The quantitative estimate of drug-likeness (QED) is 0.315. The van der Waals surface area contributed by atoms with E-state index >= 15 is 0 Å². The van der Waals surface area contributed by atoms with Crippen LogP contribution in [0.4, 0.5) is 17.1 Å². The van der Waals surface area contributed by atoms with E-state index in [9.17, 15) is 15.2 Å². The number of methoxy groups -OCH3 is 1. The molecule has 0 bridgehead atoms. The highest BCUT2D eigenvalue weighted by Crippen LogP contribution is 2.32. The number of phenols is 1. The number of hydrogen-bond donors (Lipinski definition) is 3. The van der Waals surface area contributed by atoms with E-state index in [4.69, 9.17) is 17.0 Å². The summed E-state index contributed by atoms with van der Waals surface area (Å²) in [7, 11) is 1.42. The molecule has 0 saturated carbocycles. The lowest BCUT2D eigenvalue weighted by Gasteiger charge is -2.21. The molecule has 0 aliphatic carbocycles. The maximum absolute atomic E-state index is 10.9. The smallest absolute Gasteiger partial charge is 0.273 e. The zero-order chi connectivity index (χ0) is 19.5. The van der Waals surface area contributed by atoms with Crippen LogP contribution in [0, 0.1) is 10.1 Å². The average molecular weight is 375 g/mol. The van der Waals surface area contributed by atoms with Crippen LogP contribution in [0.25, 0.3) is 0 Å². The van der Waals surface area contributed by atoms with Gasteiger partial charge in [0.2, 0.25) is 0 Å². The summed E-state index contributed by atoms with van der Waals surface area (Å²) in [5.41, 5.74) is 1.81. The van der Waals surface area contributed by atoms with Gasteiger partial charge in [0, 0.05) is 6.07 Å². The van der Waals surface area contributed by atoms with Gasteiger partial charge < -0.3 is 20.5 Å². The van der Waals surface area contributed by atoms with Crippen molar-refractivity contribution in [3.05, 3.63) is 52.1 Å². The summed E-state index contributed by atoms with van der Waals surface area (Å²) in [4.78, 5) is 10.4. The van der Waals surface area contributed by atoms with Crippen LogP contribution in [-0.2, 0) is 5.41 Å². The molecule has 0 aliphatic rings. The molecule has 3 N–H and O–H groups in total. The number of nitrogens with zero attached hydrogens (tertiary/aromatic N) is 1. The Morgan fingerprint density at radius 2 is 1.81 bits per heavy atom. The van der Waals surface area contributed by atoms with Crippen molar-refractivity contribution in [2.75, 3.05) is 17.7 Å². The van der Waals surface area contributed by atoms with Crippen LogP contribution in [0.5, 0.6) is 11.5 Å². The largest absolute Gasteiger partial charge is 0.506 e. The van der Waals surface area contributed by atoms with Gasteiger partial charge in [-0.25, -0.2) is 0 Å². The Balaban J connectivity index is 2.20. The van der Waals surface area contributed by atoms with Crippen molar-refractivity contribution in [2.24, 2.45) is 0 Å². The fourth-order valence-corrected chi connectivity index (χ4v) is 2.50. The first-order valence-corrected chi connectivity index (χ1v) is 8.26. The van der Waals surface area contributed by atoms with E-state index in [2.05, 4.69) is 31.4 Å². The number of benzene rings is 2. The fraction of sp³-hybridized carbons (Fsp3) is 0.278. The van der Waals surface area contributed by atoms with Crippen LogP contribution in [0.1, 0.15) is 26.3 Å². The average Bonchev–Trinajstić information content (AvgIpc) is 2.55. The zero-order valence-corrected chi connectivity index (χ0v) is 15.8. The summed E-state index contributed by atoms with van der Waals surface area (Å²) < 4.78 is 5.17. The van der Waals surface area contributed by atoms with E-state index in [0.29, 0.717) is 11.4 Å². The summed E-state index contributed by atoms with van der Waals surface area (Å²) in [5.74, 6) is 0.355. The lowest BCUT2D eigenvalue weighted by Crippen LogP contribution is -2.20. The van der Waals surface area contributed by atoms with Crippen LogP contribution in [-0.4, -0.2) is 22.3 Å². The molecule has 0 unspecified atom stereocenters. The molecular weight excluding hydrogens is 354 g/mol. The van der Waals surface area contributed by atoms with Gasteiger partial charge in [0.05, 0.1) is 29.5 Å². The third-order valence-corrected chi connectivity index (χ3v) is 3.96. The number of thiocarbonyl (C=S) groups is 1. The molecule has 0 aliphatic heterocycles. The van der Waals surface area contributed by atoms with Crippen molar-refractivity contribution in [1.29, 1.82) is 0 Å². The molecule has 0 radical (unpaired) electrons. The van der Waals surface area contributed by atoms with Gasteiger partial charge in [-0.3, -0.25) is 10.1 Å². The molecule has 0 saturated heterocycles. The van der Waals surface area contributed by atoms with E-state index in [-0.39, 0.29) is 27.7 Å². The second-order valence-corrected chi connectivity index (χ2v) is 7.11. The Kier molecular flexibility index (Phi) is 5.66. The van der Waals surface area contributed by atoms with E-state index in [1.807, 2.05) is 12.1 Å². The lowest BCUT2D eigenvalue weighted by atomic mass is 9.87. The van der Waals surface area contributed by atoms with Crippen molar-refractivity contribution < 1.29 is 14.8 Å². The summed E-state index contributed by atoms with van der Waals surface area (Å²) in [6.07, 6.45) is 0. The molecule has 0 heterocycles. The topological polar surface area (TPSA) is 96.7 Å². The van der Waals surface area contributed by atoms with Crippen molar-refractivity contribution in [3.8, 4) is 11.5 Å². The monoisotopic (exact) mass is 375 g/mol. The van der Waals surface area contributed by atoms with Gasteiger partial charge in [0.15, 0.2) is 5.11 Å². The number of aromatic hydroxyl groups is 1. The van der Waals surface area contributed by atoms with Crippen LogP contribution < -0.4 is 15.4 Å². The number of anilines is 2. The highest BCUT2D eigenvalue weighted by Gasteiger charge is 2.17. The second kappa shape index (κ2) is 7.57. The summed E-state index contributed by atoms with van der Waals surface area (Å²) in [6.45, 7) is 6.21. The van der Waals surface area contributed by atoms with Crippen LogP contribution in [0.3, 0.4) is 0 Å². The third kappa shape index (κ3) is 4.60. The molecule has 7 nitrogen and oxygen atoms in total. The SMILES string of the molecule is COc1cc([N+](=O)[O-])ccc1NC(=S)Nc1cc(C(C)(C)C)ccc1O. The molecule has 2 rings (SSSR count). The Labute approximate surface area is 157 Å². The molecule has 0 atom stereocenters. The van der Waals surface area contributed by atoms with E-state index < -0.39 is 4.92 Å². The van der Waals surface area contributed by atoms with E-state index in [1.54, 1.807) is 6.07 Å². The number of ether oxygens (including phenoxy) is 1. The fourth-order valence-electron chi connectivity index (χ4n) is 2.28. The van der Waals surface area contributed by atoms with Crippen LogP contribution >= 0.6 is 12.2 Å². The van der Waals surface area contributed by atoms with Crippen molar-refractivity contribution >= 4 is 34.4 Å². The van der Waals surface area contributed by atoms with Crippen molar-refractivity contribution in [1.82, 2.24) is 0 Å². The molecule has 0 spiro atoms. The maximum Gasteiger partial charge on any atom is 0.273 e. The van der Waals surface area contributed by atoms with Gasteiger partial charge in [0.1, 0.15) is 11.5 Å². The predicted octanol–water partition coefficient (Wildman–Crippen LogP) is 4.42. The van der Waals surface area contributed by atoms with E-state index in [1.165, 1.54) is 25.3 Å². The van der Waals surface area contributed by atoms with Gasteiger partial charge in [-0.05, 0) is 41.4 Å². The van der Waals surface area contributed by atoms with Gasteiger partial charge in [-0.2, -0.15) is 0 Å². The first-order chi connectivity index (χ1) is 12.1. The maximum atomic E-state index is 10.9. The molecule has 0 aromatic heterocycles. The van der Waals surface area contributed by atoms with Crippen LogP contribution in [0.2, 0.25) is 0 Å². The molecule has 8 heteroatoms. The molecule has 2 aromatic rings. The molecule has 2 aromatic carbocycles. The van der Waals surface area contributed by atoms with Gasteiger partial charge >= 0.3 is 0 Å². The summed E-state index contributed by atoms with van der Waals surface area (Å²) >= 11 is 5.28. The summed E-state index contributed by atoms with van der Waals surface area (Å²) in [5, 5.41) is 27.0.